The van der Waals surface area contributed by atoms with Crippen LogP contribution in [0.5, 0.6) is 0 Å². The first kappa shape index (κ1) is 6.43. The molecule has 42 valence electrons. The number of nitrogens with one attached hydrogen (secondary N) is 1. The van der Waals surface area contributed by atoms with Crippen LogP contribution in [0.1, 0.15) is 0 Å². The predicted molar refractivity (Wildman–Crippen MR) is 29.9 cm³/mol. The summed E-state index contributed by atoms with van der Waals surface area (Å²) in [4.78, 5) is 0. The van der Waals surface area contributed by atoms with Gasteiger partial charge in [-0.3, -0.25) is 4.48 Å². The minimum Gasteiger partial charge on any atom is -0.338 e. The average Bonchev–Trinajstić information content (AvgIpc) is 1.31. The van der Waals surface area contributed by atoms with Gasteiger partial charge >= 0.3 is 0 Å². The summed E-state index contributed by atoms with van der Waals surface area (Å²) < 4.78 is 0.417. The normalized spacial score (nSPS) is 11.3. The molecule has 0 aliphatic rings. The van der Waals surface area contributed by atoms with Crippen LogP contribution in [0, 0.1) is 5.41 Å². The van der Waals surface area contributed by atoms with Crippen LogP contribution in [-0.4, -0.2) is 31.6 Å². The molecule has 0 radical (unpaired) electrons. The van der Waals surface area contributed by atoms with E-state index in [0.717, 1.165) is 0 Å². The largest absolute Gasteiger partial charge is 0.338 e. The molecular weight excluding hydrogens is 90.1 g/mol. The molecule has 3 heteroatoms. The molecule has 7 heavy (non-hydrogen) atoms. The zero-order chi connectivity index (χ0) is 6.08. The molecule has 0 heterocycles. The fraction of sp³-hybridized carbons (Fsp3) is 0.750. The summed E-state index contributed by atoms with van der Waals surface area (Å²) in [7, 11) is 5.55. The molecule has 0 unspecified atom stereocenters. The predicted octanol–water partition coefficient (Wildman–Crippen LogP) is -0.414. The Labute approximate surface area is 43.8 Å². The minimum atomic E-state index is 0.181. The fourth-order valence-electron chi connectivity index (χ4n) is 0. The molecule has 0 atom stereocenters. The number of guanidine groups is 1. The minimum absolute atomic E-state index is 0.181. The van der Waals surface area contributed by atoms with Crippen LogP contribution in [-0.2, 0) is 0 Å². The van der Waals surface area contributed by atoms with Crippen molar-refractivity contribution >= 4 is 5.96 Å². The SMILES string of the molecule is C[N+](C)(C)C(=N)N. The van der Waals surface area contributed by atoms with E-state index in [0.29, 0.717) is 4.48 Å². The van der Waals surface area contributed by atoms with Gasteiger partial charge in [0.2, 0.25) is 0 Å². The van der Waals surface area contributed by atoms with Gasteiger partial charge in [-0.25, -0.2) is 5.41 Å². The molecule has 0 aromatic heterocycles. The number of quaternary nitrogens is 1. The summed E-state index contributed by atoms with van der Waals surface area (Å²) >= 11 is 0. The zero-order valence-electron chi connectivity index (χ0n) is 5.02. The molecule has 0 amide bonds. The van der Waals surface area contributed by atoms with Crippen LogP contribution in [0.3, 0.4) is 0 Å². The van der Waals surface area contributed by atoms with E-state index in [4.69, 9.17) is 11.1 Å². The van der Waals surface area contributed by atoms with Gasteiger partial charge in [0.25, 0.3) is 5.96 Å². The Morgan fingerprint density at radius 3 is 1.57 bits per heavy atom. The van der Waals surface area contributed by atoms with Gasteiger partial charge in [-0.05, 0) is 0 Å². The third-order valence-corrected chi connectivity index (χ3v) is 0.723. The Morgan fingerprint density at radius 2 is 1.57 bits per heavy atom. The number of nitrogens with two attached hydrogens (primary N) is 1. The number of rotatable bonds is 0. The van der Waals surface area contributed by atoms with Crippen molar-refractivity contribution in [3.8, 4) is 0 Å². The molecule has 0 aromatic carbocycles. The lowest BCUT2D eigenvalue weighted by Crippen LogP contribution is -2.45. The van der Waals surface area contributed by atoms with E-state index in [9.17, 15) is 0 Å². The summed E-state index contributed by atoms with van der Waals surface area (Å²) in [5.74, 6) is 0.181. The molecular formula is C4H12N3+. The highest BCUT2D eigenvalue weighted by Gasteiger charge is 2.09. The highest BCUT2D eigenvalue weighted by atomic mass is 15.4. The van der Waals surface area contributed by atoms with E-state index in [2.05, 4.69) is 0 Å². The van der Waals surface area contributed by atoms with E-state index in [-0.39, 0.29) is 5.96 Å². The number of hydrogen-bond donors (Lipinski definition) is 2. The lowest BCUT2D eigenvalue weighted by atomic mass is 10.7. The molecule has 0 spiro atoms. The highest BCUT2D eigenvalue weighted by molar-refractivity contribution is 5.66. The monoisotopic (exact) mass is 102 g/mol. The van der Waals surface area contributed by atoms with Gasteiger partial charge < -0.3 is 5.73 Å². The van der Waals surface area contributed by atoms with Crippen molar-refractivity contribution in [1.82, 2.24) is 0 Å². The van der Waals surface area contributed by atoms with E-state index in [1.165, 1.54) is 0 Å². The maximum absolute atomic E-state index is 6.90. The van der Waals surface area contributed by atoms with E-state index >= 15 is 0 Å². The van der Waals surface area contributed by atoms with Crippen LogP contribution in [0.4, 0.5) is 0 Å². The summed E-state index contributed by atoms with van der Waals surface area (Å²) in [6, 6.07) is 0. The maximum Gasteiger partial charge on any atom is 0.291 e. The molecule has 3 N–H and O–H groups in total. The van der Waals surface area contributed by atoms with Crippen molar-refractivity contribution < 1.29 is 4.48 Å². The van der Waals surface area contributed by atoms with Crippen LogP contribution < -0.4 is 5.73 Å². The van der Waals surface area contributed by atoms with Gasteiger partial charge in [-0.1, -0.05) is 0 Å². The Hall–Kier alpha value is -0.570. The third-order valence-electron chi connectivity index (χ3n) is 0.723. The van der Waals surface area contributed by atoms with Crippen LogP contribution >= 0.6 is 0 Å². The fourth-order valence-corrected chi connectivity index (χ4v) is 0. The second-order valence-corrected chi connectivity index (χ2v) is 2.40. The summed E-state index contributed by atoms with van der Waals surface area (Å²) in [5, 5.41) is 6.90. The third kappa shape index (κ3) is 2.17. The van der Waals surface area contributed by atoms with Crippen molar-refractivity contribution in [2.75, 3.05) is 21.1 Å². The Kier molecular flexibility index (Phi) is 1.38. The van der Waals surface area contributed by atoms with Crippen molar-refractivity contribution in [2.24, 2.45) is 5.73 Å². The second-order valence-electron chi connectivity index (χ2n) is 2.40. The highest BCUT2D eigenvalue weighted by Crippen LogP contribution is 1.83. The van der Waals surface area contributed by atoms with Crippen molar-refractivity contribution in [3.05, 3.63) is 0 Å². The standard InChI is InChI=1S/C4H12N3/c1-7(2,3)4(5)6/h1-3H3,(H3,5,6)/q+1. The van der Waals surface area contributed by atoms with Crippen molar-refractivity contribution in [3.63, 3.8) is 0 Å². The maximum atomic E-state index is 6.90. The van der Waals surface area contributed by atoms with Gasteiger partial charge in [0.15, 0.2) is 0 Å². The summed E-state index contributed by atoms with van der Waals surface area (Å²) in [5.41, 5.74) is 5.12. The van der Waals surface area contributed by atoms with E-state index in [1.54, 1.807) is 0 Å². The molecule has 0 fully saturated rings. The second kappa shape index (κ2) is 1.50. The molecule has 0 rings (SSSR count). The Morgan fingerprint density at radius 1 is 1.43 bits per heavy atom. The first-order chi connectivity index (χ1) is 2.94. The smallest absolute Gasteiger partial charge is 0.291 e. The van der Waals surface area contributed by atoms with Gasteiger partial charge in [0.1, 0.15) is 0 Å². The van der Waals surface area contributed by atoms with Crippen LogP contribution in [0.25, 0.3) is 0 Å². The van der Waals surface area contributed by atoms with Gasteiger partial charge in [0, 0.05) is 0 Å². The van der Waals surface area contributed by atoms with Gasteiger partial charge in [-0.15, -0.1) is 0 Å². The van der Waals surface area contributed by atoms with Gasteiger partial charge in [0.05, 0.1) is 21.1 Å². The Balaban J connectivity index is 3.79. The molecule has 0 aromatic rings. The van der Waals surface area contributed by atoms with E-state index in [1.807, 2.05) is 21.1 Å². The summed E-state index contributed by atoms with van der Waals surface area (Å²) in [6.45, 7) is 0. The first-order valence-corrected chi connectivity index (χ1v) is 2.10. The first-order valence-electron chi connectivity index (χ1n) is 2.10. The van der Waals surface area contributed by atoms with Crippen LogP contribution in [0.2, 0.25) is 0 Å². The Bertz CT molecular complexity index is 79.4. The van der Waals surface area contributed by atoms with E-state index < -0.39 is 0 Å². The molecule has 0 aliphatic heterocycles. The van der Waals surface area contributed by atoms with Crippen LogP contribution in [0.15, 0.2) is 0 Å². The topological polar surface area (TPSA) is 49.9 Å². The zero-order valence-corrected chi connectivity index (χ0v) is 5.02. The molecule has 0 saturated heterocycles. The molecule has 0 aliphatic carbocycles. The summed E-state index contributed by atoms with van der Waals surface area (Å²) in [6.07, 6.45) is 0. The number of hydrogen-bond acceptors (Lipinski definition) is 1. The molecule has 0 saturated carbocycles. The van der Waals surface area contributed by atoms with Crippen molar-refractivity contribution in [1.29, 1.82) is 5.41 Å². The molecule has 3 nitrogen and oxygen atoms in total. The van der Waals surface area contributed by atoms with Gasteiger partial charge in [-0.2, -0.15) is 0 Å². The lowest BCUT2D eigenvalue weighted by Gasteiger charge is -2.19. The van der Waals surface area contributed by atoms with Crippen molar-refractivity contribution in [2.45, 2.75) is 0 Å². The number of nitrogens with zero attached hydrogens (tertiary/aromatic N) is 1. The lowest BCUT2D eigenvalue weighted by molar-refractivity contribution is -0.778. The average molecular weight is 102 g/mol. The quantitative estimate of drug-likeness (QED) is 0.244. The molecule has 0 bridgehead atoms.